The van der Waals surface area contributed by atoms with E-state index in [1.807, 2.05) is 30.3 Å². The van der Waals surface area contributed by atoms with Gasteiger partial charge in [-0.05, 0) is 23.9 Å². The van der Waals surface area contributed by atoms with Crippen LogP contribution in [0.3, 0.4) is 0 Å². The molecule has 0 aliphatic carbocycles. The Morgan fingerprint density at radius 1 is 1.44 bits per heavy atom. The predicted octanol–water partition coefficient (Wildman–Crippen LogP) is 2.63. The molecule has 0 aliphatic rings. The summed E-state index contributed by atoms with van der Waals surface area (Å²) in [5, 5.41) is 12.4. The van der Waals surface area contributed by atoms with Crippen LogP contribution < -0.4 is 0 Å². The van der Waals surface area contributed by atoms with E-state index < -0.39 is 11.9 Å². The average Bonchev–Trinajstić information content (AvgIpc) is 2.29. The molecule has 0 amide bonds. The van der Waals surface area contributed by atoms with Gasteiger partial charge in [-0.1, -0.05) is 35.4 Å². The number of aliphatic carboxylic acids is 1. The Labute approximate surface area is 93.3 Å². The average molecular weight is 219 g/mol. The number of carbonyl (C=O) groups is 1. The predicted molar refractivity (Wildman–Crippen MR) is 59.9 cm³/mol. The summed E-state index contributed by atoms with van der Waals surface area (Å²) in [6, 6.07) is 9.43. The minimum absolute atomic E-state index is 0.223. The fourth-order valence-electron chi connectivity index (χ4n) is 1.47. The number of carboxylic acid groups (broad SMARTS) is 1. The highest BCUT2D eigenvalue weighted by Gasteiger charge is 2.16. The van der Waals surface area contributed by atoms with Gasteiger partial charge in [-0.3, -0.25) is 4.79 Å². The maximum atomic E-state index is 11.0. The molecule has 5 heteroatoms. The molecule has 1 aromatic rings. The lowest BCUT2D eigenvalue weighted by Crippen LogP contribution is -2.17. The van der Waals surface area contributed by atoms with Gasteiger partial charge in [0.25, 0.3) is 0 Å². The summed E-state index contributed by atoms with van der Waals surface area (Å²) in [5.74, 6) is -1.34. The second kappa shape index (κ2) is 6.48. The summed E-state index contributed by atoms with van der Waals surface area (Å²) in [7, 11) is 0. The Morgan fingerprint density at radius 3 is 2.69 bits per heavy atom. The number of rotatable bonds is 6. The molecule has 1 rings (SSSR count). The van der Waals surface area contributed by atoms with Crippen LogP contribution in [0.4, 0.5) is 0 Å². The monoisotopic (exact) mass is 219 g/mol. The van der Waals surface area contributed by atoms with Crippen LogP contribution in [-0.4, -0.2) is 17.6 Å². The van der Waals surface area contributed by atoms with E-state index in [2.05, 4.69) is 10.0 Å². The summed E-state index contributed by atoms with van der Waals surface area (Å²) in [5.41, 5.74) is 9.10. The van der Waals surface area contributed by atoms with Crippen molar-refractivity contribution in [3.63, 3.8) is 0 Å². The van der Waals surface area contributed by atoms with Crippen molar-refractivity contribution in [2.75, 3.05) is 6.54 Å². The van der Waals surface area contributed by atoms with Crippen LogP contribution in [0.25, 0.3) is 10.4 Å². The van der Waals surface area contributed by atoms with Gasteiger partial charge in [0.2, 0.25) is 0 Å². The van der Waals surface area contributed by atoms with Gasteiger partial charge in [0.15, 0.2) is 0 Å². The number of azide groups is 1. The highest BCUT2D eigenvalue weighted by Crippen LogP contribution is 2.12. The van der Waals surface area contributed by atoms with Crippen LogP contribution in [0.5, 0.6) is 0 Å². The van der Waals surface area contributed by atoms with Gasteiger partial charge in [-0.15, -0.1) is 0 Å². The maximum absolute atomic E-state index is 11.0. The number of hydrogen-bond donors (Lipinski definition) is 1. The van der Waals surface area contributed by atoms with Crippen LogP contribution in [0, 0.1) is 5.92 Å². The molecule has 0 bridgehead atoms. The summed E-state index contributed by atoms with van der Waals surface area (Å²) >= 11 is 0. The van der Waals surface area contributed by atoms with Crippen molar-refractivity contribution in [3.05, 3.63) is 46.3 Å². The van der Waals surface area contributed by atoms with E-state index in [-0.39, 0.29) is 6.54 Å². The van der Waals surface area contributed by atoms with Gasteiger partial charge in [0, 0.05) is 11.5 Å². The van der Waals surface area contributed by atoms with E-state index >= 15 is 0 Å². The summed E-state index contributed by atoms with van der Waals surface area (Å²) in [6.45, 7) is 0.223. The first kappa shape index (κ1) is 12.1. The molecule has 0 saturated heterocycles. The van der Waals surface area contributed by atoms with Crippen molar-refractivity contribution in [1.82, 2.24) is 0 Å². The van der Waals surface area contributed by atoms with Crippen LogP contribution in [0.1, 0.15) is 12.0 Å². The lowest BCUT2D eigenvalue weighted by atomic mass is 9.96. The minimum Gasteiger partial charge on any atom is -0.481 e. The van der Waals surface area contributed by atoms with Gasteiger partial charge >= 0.3 is 5.97 Å². The molecule has 0 saturated carbocycles. The normalized spacial score (nSPS) is 11.5. The number of benzene rings is 1. The molecular weight excluding hydrogens is 206 g/mol. The Bertz CT molecular complexity index is 385. The second-order valence-corrected chi connectivity index (χ2v) is 3.47. The van der Waals surface area contributed by atoms with Crippen molar-refractivity contribution in [2.24, 2.45) is 11.0 Å². The fraction of sp³-hybridized carbons (Fsp3) is 0.364. The number of hydrogen-bond acceptors (Lipinski definition) is 2. The summed E-state index contributed by atoms with van der Waals surface area (Å²) in [6.07, 6.45) is 0.839. The van der Waals surface area contributed by atoms with E-state index in [4.69, 9.17) is 10.6 Å². The second-order valence-electron chi connectivity index (χ2n) is 3.47. The van der Waals surface area contributed by atoms with E-state index in [1.54, 1.807) is 0 Å². The first-order chi connectivity index (χ1) is 7.74. The molecule has 0 fully saturated rings. The molecule has 0 heterocycles. The van der Waals surface area contributed by atoms with Gasteiger partial charge < -0.3 is 5.11 Å². The quantitative estimate of drug-likeness (QED) is 0.453. The third-order valence-electron chi connectivity index (χ3n) is 2.31. The Morgan fingerprint density at radius 2 is 2.12 bits per heavy atom. The zero-order chi connectivity index (χ0) is 11.8. The molecule has 0 aromatic heterocycles. The molecule has 84 valence electrons. The first-order valence-electron chi connectivity index (χ1n) is 5.01. The highest BCUT2D eigenvalue weighted by atomic mass is 16.4. The van der Waals surface area contributed by atoms with Crippen LogP contribution in [0.2, 0.25) is 0 Å². The lowest BCUT2D eigenvalue weighted by Gasteiger charge is -2.10. The van der Waals surface area contributed by atoms with Crippen molar-refractivity contribution >= 4 is 5.97 Å². The lowest BCUT2D eigenvalue weighted by molar-refractivity contribution is -0.141. The Balaban J connectivity index is 2.58. The molecule has 1 aromatic carbocycles. The van der Waals surface area contributed by atoms with Crippen LogP contribution in [-0.2, 0) is 11.2 Å². The molecule has 0 aliphatic heterocycles. The minimum atomic E-state index is -0.850. The van der Waals surface area contributed by atoms with E-state index in [0.29, 0.717) is 12.8 Å². The molecule has 0 spiro atoms. The SMILES string of the molecule is [N-]=[N+]=NCCC(Cc1ccccc1)C(=O)O. The third kappa shape index (κ3) is 4.02. The molecule has 0 radical (unpaired) electrons. The van der Waals surface area contributed by atoms with Crippen molar-refractivity contribution in [3.8, 4) is 0 Å². The zero-order valence-corrected chi connectivity index (χ0v) is 8.78. The van der Waals surface area contributed by atoms with Crippen molar-refractivity contribution in [1.29, 1.82) is 0 Å². The molecule has 1 atom stereocenters. The highest BCUT2D eigenvalue weighted by molar-refractivity contribution is 5.70. The maximum Gasteiger partial charge on any atom is 0.306 e. The van der Waals surface area contributed by atoms with E-state index in [0.717, 1.165) is 5.56 Å². The van der Waals surface area contributed by atoms with Crippen molar-refractivity contribution in [2.45, 2.75) is 12.8 Å². The zero-order valence-electron chi connectivity index (χ0n) is 8.78. The van der Waals surface area contributed by atoms with E-state index in [1.165, 1.54) is 0 Å². The van der Waals surface area contributed by atoms with Gasteiger partial charge in [0.05, 0.1) is 5.92 Å². The molecule has 1 unspecified atom stereocenters. The topological polar surface area (TPSA) is 86.1 Å². The molecule has 16 heavy (non-hydrogen) atoms. The van der Waals surface area contributed by atoms with Gasteiger partial charge in [-0.25, -0.2) is 0 Å². The van der Waals surface area contributed by atoms with Crippen LogP contribution in [0.15, 0.2) is 35.4 Å². The fourth-order valence-corrected chi connectivity index (χ4v) is 1.47. The molecule has 1 N–H and O–H groups in total. The van der Waals surface area contributed by atoms with Crippen molar-refractivity contribution < 1.29 is 9.90 Å². The molecule has 5 nitrogen and oxygen atoms in total. The largest absolute Gasteiger partial charge is 0.481 e. The van der Waals surface area contributed by atoms with Gasteiger partial charge in [-0.2, -0.15) is 0 Å². The standard InChI is InChI=1S/C11H13N3O2/c12-14-13-7-6-10(11(15)16)8-9-4-2-1-3-5-9/h1-5,10H,6-8H2,(H,15,16). The Hall–Kier alpha value is -2.00. The summed E-state index contributed by atoms with van der Waals surface area (Å²) in [4.78, 5) is 13.6. The molecular formula is C11H13N3O2. The summed E-state index contributed by atoms with van der Waals surface area (Å²) < 4.78 is 0. The number of nitrogens with zero attached hydrogens (tertiary/aromatic N) is 3. The Kier molecular flexibility index (Phi) is 4.89. The third-order valence-corrected chi connectivity index (χ3v) is 2.31. The number of carboxylic acids is 1. The van der Waals surface area contributed by atoms with Crippen LogP contribution >= 0.6 is 0 Å². The smallest absolute Gasteiger partial charge is 0.306 e. The van der Waals surface area contributed by atoms with Gasteiger partial charge in [0.1, 0.15) is 0 Å². The van der Waals surface area contributed by atoms with E-state index in [9.17, 15) is 4.79 Å². The first-order valence-corrected chi connectivity index (χ1v) is 5.01.